The summed E-state index contributed by atoms with van der Waals surface area (Å²) in [7, 11) is 0. The van der Waals surface area contributed by atoms with Crippen molar-refractivity contribution < 1.29 is 4.74 Å². The van der Waals surface area contributed by atoms with Crippen LogP contribution in [0.2, 0.25) is 0 Å². The minimum Gasteiger partial charge on any atom is -0.396 e. The van der Waals surface area contributed by atoms with Crippen molar-refractivity contribution in [2.45, 2.75) is 31.8 Å². The largest absolute Gasteiger partial charge is 0.396 e. The van der Waals surface area contributed by atoms with Crippen LogP contribution in [-0.4, -0.2) is 19.3 Å². The van der Waals surface area contributed by atoms with E-state index in [0.29, 0.717) is 24.0 Å². The first-order valence-electron chi connectivity index (χ1n) is 6.45. The molecule has 1 aromatic carbocycles. The van der Waals surface area contributed by atoms with Crippen LogP contribution in [-0.2, 0) is 4.74 Å². The summed E-state index contributed by atoms with van der Waals surface area (Å²) in [6.07, 6.45) is 5.39. The van der Waals surface area contributed by atoms with Gasteiger partial charge in [-0.1, -0.05) is 18.9 Å². The Morgan fingerprint density at radius 3 is 2.89 bits per heavy atom. The van der Waals surface area contributed by atoms with Gasteiger partial charge >= 0.3 is 0 Å². The van der Waals surface area contributed by atoms with Crippen LogP contribution in [0.25, 0.3) is 0 Å². The summed E-state index contributed by atoms with van der Waals surface area (Å²) in [5.74, 6) is 0. The first-order valence-corrected chi connectivity index (χ1v) is 6.45. The quantitative estimate of drug-likeness (QED) is 0.617. The maximum Gasteiger partial charge on any atom is 0.101 e. The highest BCUT2D eigenvalue weighted by atomic mass is 16.5. The fraction of sp³-hybridized carbons (Fsp3) is 0.500. The van der Waals surface area contributed by atoms with Crippen molar-refractivity contribution in [3.63, 3.8) is 0 Å². The van der Waals surface area contributed by atoms with Crippen LogP contribution in [0.3, 0.4) is 0 Å². The molecule has 3 N–H and O–H groups in total. The smallest absolute Gasteiger partial charge is 0.101 e. The summed E-state index contributed by atoms with van der Waals surface area (Å²) < 4.78 is 5.75. The fourth-order valence-electron chi connectivity index (χ4n) is 2.28. The predicted molar refractivity (Wildman–Crippen MR) is 72.3 cm³/mol. The Labute approximate surface area is 108 Å². The minimum atomic E-state index is 0.439. The van der Waals surface area contributed by atoms with E-state index in [1.807, 2.05) is 12.1 Å². The number of anilines is 2. The molecule has 0 aliphatic heterocycles. The van der Waals surface area contributed by atoms with Gasteiger partial charge in [-0.25, -0.2) is 0 Å². The number of hydrogen-bond donors (Lipinski definition) is 2. The molecule has 0 unspecified atom stereocenters. The second kappa shape index (κ2) is 6.27. The number of nitrogens with zero attached hydrogens (tertiary/aromatic N) is 1. The van der Waals surface area contributed by atoms with Crippen LogP contribution >= 0.6 is 0 Å². The Morgan fingerprint density at radius 2 is 2.17 bits per heavy atom. The van der Waals surface area contributed by atoms with E-state index >= 15 is 0 Å². The van der Waals surface area contributed by atoms with E-state index < -0.39 is 0 Å². The Kier molecular flexibility index (Phi) is 4.43. The number of nitrogens with one attached hydrogen (secondary N) is 1. The average Bonchev–Trinajstić information content (AvgIpc) is 2.89. The highest BCUT2D eigenvalue weighted by Crippen LogP contribution is 2.22. The summed E-state index contributed by atoms with van der Waals surface area (Å²) in [6, 6.07) is 7.50. The van der Waals surface area contributed by atoms with Gasteiger partial charge in [0.2, 0.25) is 0 Å². The molecule has 0 spiro atoms. The Morgan fingerprint density at radius 1 is 1.39 bits per heavy atom. The van der Waals surface area contributed by atoms with Gasteiger partial charge in [-0.2, -0.15) is 5.26 Å². The lowest BCUT2D eigenvalue weighted by molar-refractivity contribution is 0.0659. The molecule has 1 aliphatic rings. The summed E-state index contributed by atoms with van der Waals surface area (Å²) in [4.78, 5) is 0. The highest BCUT2D eigenvalue weighted by molar-refractivity contribution is 5.72. The number of hydrogen-bond acceptors (Lipinski definition) is 4. The number of nitrogen functional groups attached to an aromatic ring is 1. The van der Waals surface area contributed by atoms with E-state index in [9.17, 15) is 0 Å². The van der Waals surface area contributed by atoms with Crippen molar-refractivity contribution in [1.29, 1.82) is 5.26 Å². The zero-order valence-electron chi connectivity index (χ0n) is 10.5. The second-order valence-electron chi connectivity index (χ2n) is 4.58. The van der Waals surface area contributed by atoms with Crippen molar-refractivity contribution in [3.05, 3.63) is 23.8 Å². The second-order valence-corrected chi connectivity index (χ2v) is 4.58. The molecule has 0 heterocycles. The SMILES string of the molecule is N#Cc1cccc(NCCOC2CCCC2)c1N. The maximum atomic E-state index is 8.88. The lowest BCUT2D eigenvalue weighted by atomic mass is 10.1. The summed E-state index contributed by atoms with van der Waals surface area (Å²) in [5, 5.41) is 12.1. The number of rotatable bonds is 5. The van der Waals surface area contributed by atoms with Crippen LogP contribution < -0.4 is 11.1 Å². The van der Waals surface area contributed by atoms with Crippen molar-refractivity contribution in [2.75, 3.05) is 24.2 Å². The van der Waals surface area contributed by atoms with Crippen molar-refractivity contribution in [2.24, 2.45) is 0 Å². The average molecular weight is 245 g/mol. The van der Waals surface area contributed by atoms with Crippen LogP contribution in [0.1, 0.15) is 31.2 Å². The lowest BCUT2D eigenvalue weighted by Gasteiger charge is -2.13. The molecular formula is C14H19N3O. The topological polar surface area (TPSA) is 71.1 Å². The molecule has 0 atom stereocenters. The van der Waals surface area contributed by atoms with Crippen molar-refractivity contribution in [1.82, 2.24) is 0 Å². The first-order chi connectivity index (χ1) is 8.81. The molecule has 0 amide bonds. The van der Waals surface area contributed by atoms with Crippen molar-refractivity contribution in [3.8, 4) is 6.07 Å². The Bertz CT molecular complexity index is 433. The van der Waals surface area contributed by atoms with E-state index in [1.165, 1.54) is 25.7 Å². The Balaban J connectivity index is 1.78. The standard InChI is InChI=1S/C14H19N3O/c15-10-11-4-3-7-13(14(11)16)17-8-9-18-12-5-1-2-6-12/h3-4,7,12,17H,1-2,5-6,8-9,16H2. The molecule has 1 saturated carbocycles. The number of ether oxygens (including phenoxy) is 1. The monoisotopic (exact) mass is 245 g/mol. The van der Waals surface area contributed by atoms with Crippen LogP contribution in [0.5, 0.6) is 0 Å². The van der Waals surface area contributed by atoms with Gasteiger partial charge in [-0.05, 0) is 25.0 Å². The van der Waals surface area contributed by atoms with Gasteiger partial charge in [0.15, 0.2) is 0 Å². The molecule has 4 nitrogen and oxygen atoms in total. The normalized spacial score (nSPS) is 15.5. The summed E-state index contributed by atoms with van der Waals surface area (Å²) in [6.45, 7) is 1.40. The summed E-state index contributed by atoms with van der Waals surface area (Å²) >= 11 is 0. The number of nitriles is 1. The molecule has 0 radical (unpaired) electrons. The van der Waals surface area contributed by atoms with Gasteiger partial charge in [-0.3, -0.25) is 0 Å². The van der Waals surface area contributed by atoms with E-state index in [2.05, 4.69) is 11.4 Å². The molecule has 1 aliphatic carbocycles. The van der Waals surface area contributed by atoms with E-state index in [1.54, 1.807) is 6.07 Å². The molecule has 2 rings (SSSR count). The van der Waals surface area contributed by atoms with Crippen molar-refractivity contribution >= 4 is 11.4 Å². The molecule has 0 bridgehead atoms. The zero-order valence-corrected chi connectivity index (χ0v) is 10.5. The third-order valence-electron chi connectivity index (χ3n) is 3.30. The van der Waals surface area contributed by atoms with Gasteiger partial charge < -0.3 is 15.8 Å². The fourth-order valence-corrected chi connectivity index (χ4v) is 2.28. The molecule has 96 valence electrons. The predicted octanol–water partition coefficient (Wildman–Crippen LogP) is 2.51. The molecular weight excluding hydrogens is 226 g/mol. The van der Waals surface area contributed by atoms with Crippen LogP contribution in [0.4, 0.5) is 11.4 Å². The maximum absolute atomic E-state index is 8.88. The van der Waals surface area contributed by atoms with Gasteiger partial charge in [-0.15, -0.1) is 0 Å². The lowest BCUT2D eigenvalue weighted by Crippen LogP contribution is -2.16. The molecule has 1 fully saturated rings. The van der Waals surface area contributed by atoms with Crippen LogP contribution in [0, 0.1) is 11.3 Å². The third-order valence-corrected chi connectivity index (χ3v) is 3.30. The molecule has 18 heavy (non-hydrogen) atoms. The van der Waals surface area contributed by atoms with Gasteiger partial charge in [0, 0.05) is 6.54 Å². The van der Waals surface area contributed by atoms with Gasteiger partial charge in [0.1, 0.15) is 6.07 Å². The molecule has 0 saturated heterocycles. The highest BCUT2D eigenvalue weighted by Gasteiger charge is 2.14. The zero-order chi connectivity index (χ0) is 12.8. The van der Waals surface area contributed by atoms with Crippen LogP contribution in [0.15, 0.2) is 18.2 Å². The van der Waals surface area contributed by atoms with E-state index in [0.717, 1.165) is 12.2 Å². The number of nitrogens with two attached hydrogens (primary N) is 1. The minimum absolute atomic E-state index is 0.439. The molecule has 1 aromatic rings. The van der Waals surface area contributed by atoms with Gasteiger partial charge in [0.25, 0.3) is 0 Å². The Hall–Kier alpha value is -1.73. The van der Waals surface area contributed by atoms with Gasteiger partial charge in [0.05, 0.1) is 29.6 Å². The number of benzene rings is 1. The summed E-state index contributed by atoms with van der Waals surface area (Å²) in [5.41, 5.74) is 7.71. The first kappa shape index (κ1) is 12.7. The van der Waals surface area contributed by atoms with E-state index in [4.69, 9.17) is 15.7 Å². The molecule has 0 aromatic heterocycles. The number of para-hydroxylation sites is 1. The third kappa shape index (κ3) is 3.14. The van der Waals surface area contributed by atoms with E-state index in [-0.39, 0.29) is 0 Å². The molecule has 4 heteroatoms.